The average Bonchev–Trinajstić information content (AvgIpc) is 3.07. The molecule has 0 fully saturated rings. The van der Waals surface area contributed by atoms with Gasteiger partial charge in [-0.3, -0.25) is 15.1 Å². The summed E-state index contributed by atoms with van der Waals surface area (Å²) < 4.78 is 0. The molecular formula is C20H22N4. The summed E-state index contributed by atoms with van der Waals surface area (Å²) in [6, 6.07) is 12.2. The molecule has 0 aromatic carbocycles. The zero-order chi connectivity index (χ0) is 16.6. The lowest BCUT2D eigenvalue weighted by Crippen LogP contribution is -2.22. The summed E-state index contributed by atoms with van der Waals surface area (Å²) in [4.78, 5) is 9.48. The van der Waals surface area contributed by atoms with E-state index in [1.165, 1.54) is 24.1 Å². The molecule has 0 saturated heterocycles. The fourth-order valence-corrected chi connectivity index (χ4v) is 3.47. The first-order chi connectivity index (χ1) is 11.7. The Kier molecular flexibility index (Phi) is 3.68. The first kappa shape index (κ1) is 15.1. The number of nitrogens with zero attached hydrogens (tertiary/aromatic N) is 3. The Morgan fingerprint density at radius 1 is 0.958 bits per heavy atom. The zero-order valence-corrected chi connectivity index (χ0v) is 14.2. The van der Waals surface area contributed by atoms with Crippen LogP contribution in [0.5, 0.6) is 0 Å². The molecule has 0 atom stereocenters. The van der Waals surface area contributed by atoms with Crippen molar-refractivity contribution in [3.8, 4) is 11.4 Å². The van der Waals surface area contributed by atoms with Gasteiger partial charge in [0.25, 0.3) is 0 Å². The van der Waals surface area contributed by atoms with E-state index in [-0.39, 0.29) is 5.41 Å². The molecular weight excluding hydrogens is 296 g/mol. The van der Waals surface area contributed by atoms with E-state index < -0.39 is 0 Å². The molecule has 24 heavy (non-hydrogen) atoms. The van der Waals surface area contributed by atoms with Crippen LogP contribution in [-0.2, 0) is 18.3 Å². The van der Waals surface area contributed by atoms with Crippen LogP contribution in [0, 0.1) is 0 Å². The van der Waals surface area contributed by atoms with Crippen molar-refractivity contribution in [2.75, 3.05) is 0 Å². The first-order valence-corrected chi connectivity index (χ1v) is 8.62. The van der Waals surface area contributed by atoms with Gasteiger partial charge < -0.3 is 0 Å². The molecule has 0 spiro atoms. The van der Waals surface area contributed by atoms with Crippen molar-refractivity contribution < 1.29 is 0 Å². The Balaban J connectivity index is 1.76. The van der Waals surface area contributed by atoms with Crippen LogP contribution < -0.4 is 0 Å². The van der Waals surface area contributed by atoms with Gasteiger partial charge in [-0.1, -0.05) is 12.1 Å². The van der Waals surface area contributed by atoms with Crippen LogP contribution in [0.4, 0.5) is 0 Å². The van der Waals surface area contributed by atoms with Crippen LogP contribution in [-0.4, -0.2) is 20.2 Å². The van der Waals surface area contributed by atoms with Gasteiger partial charge in [0, 0.05) is 22.9 Å². The predicted molar refractivity (Wildman–Crippen MR) is 94.8 cm³/mol. The van der Waals surface area contributed by atoms with Gasteiger partial charge in [0.1, 0.15) is 5.69 Å². The summed E-state index contributed by atoms with van der Waals surface area (Å²) in [6.45, 7) is 4.34. The van der Waals surface area contributed by atoms with Gasteiger partial charge in [0.05, 0.1) is 17.1 Å². The lowest BCUT2D eigenvalue weighted by Gasteiger charge is -2.24. The summed E-state index contributed by atoms with van der Waals surface area (Å²) in [5, 5.41) is 7.77. The van der Waals surface area contributed by atoms with E-state index in [2.05, 4.69) is 53.3 Å². The molecule has 122 valence electrons. The Hall–Kier alpha value is -2.49. The molecule has 0 aliphatic heterocycles. The Morgan fingerprint density at radius 3 is 2.62 bits per heavy atom. The van der Waals surface area contributed by atoms with E-state index in [4.69, 9.17) is 4.98 Å². The minimum Gasteiger partial charge on any atom is -0.282 e. The Labute approximate surface area is 142 Å². The lowest BCUT2D eigenvalue weighted by atomic mass is 9.84. The number of hydrogen-bond donors (Lipinski definition) is 1. The van der Waals surface area contributed by atoms with Crippen LogP contribution in [0.1, 0.15) is 49.3 Å². The number of H-pyrrole nitrogens is 1. The number of aromatic nitrogens is 4. The summed E-state index contributed by atoms with van der Waals surface area (Å²) in [5.74, 6) is 0. The SMILES string of the molecule is CC(C)(c1ccccn1)c1cccc(-c2n[nH]c3c2CCCC3)n1. The molecule has 4 nitrogen and oxygen atoms in total. The molecule has 1 aliphatic rings. The number of hydrogen-bond acceptors (Lipinski definition) is 3. The second-order valence-electron chi connectivity index (χ2n) is 6.98. The Morgan fingerprint density at radius 2 is 1.79 bits per heavy atom. The molecule has 4 rings (SSSR count). The maximum absolute atomic E-state index is 4.95. The number of nitrogens with one attached hydrogen (secondary N) is 1. The van der Waals surface area contributed by atoms with E-state index in [1.54, 1.807) is 0 Å². The van der Waals surface area contributed by atoms with E-state index in [9.17, 15) is 0 Å². The van der Waals surface area contributed by atoms with Crippen molar-refractivity contribution in [1.29, 1.82) is 0 Å². The van der Waals surface area contributed by atoms with Crippen molar-refractivity contribution in [2.45, 2.75) is 44.9 Å². The predicted octanol–water partition coefficient (Wildman–Crippen LogP) is 4.07. The van der Waals surface area contributed by atoms with Crippen LogP contribution in [0.15, 0.2) is 42.6 Å². The zero-order valence-electron chi connectivity index (χ0n) is 14.2. The van der Waals surface area contributed by atoms with Gasteiger partial charge in [-0.2, -0.15) is 5.10 Å². The summed E-state index contributed by atoms with van der Waals surface area (Å²) in [7, 11) is 0. The highest BCUT2D eigenvalue weighted by Crippen LogP contribution is 2.32. The molecule has 3 aromatic heterocycles. The third kappa shape index (κ3) is 2.52. The number of aryl methyl sites for hydroxylation is 1. The smallest absolute Gasteiger partial charge is 0.114 e. The van der Waals surface area contributed by atoms with E-state index in [0.717, 1.165) is 35.6 Å². The highest BCUT2D eigenvalue weighted by atomic mass is 15.1. The first-order valence-electron chi connectivity index (χ1n) is 8.62. The molecule has 0 bridgehead atoms. The van der Waals surface area contributed by atoms with Crippen molar-refractivity contribution >= 4 is 0 Å². The fraction of sp³-hybridized carbons (Fsp3) is 0.350. The second kappa shape index (κ2) is 5.86. The summed E-state index contributed by atoms with van der Waals surface area (Å²) in [6.07, 6.45) is 6.51. The third-order valence-corrected chi connectivity index (χ3v) is 4.99. The molecule has 3 aromatic rings. The minimum atomic E-state index is -0.242. The number of fused-ring (bicyclic) bond motifs is 1. The van der Waals surface area contributed by atoms with Crippen molar-refractivity contribution in [1.82, 2.24) is 20.2 Å². The molecule has 3 heterocycles. The molecule has 0 radical (unpaired) electrons. The summed E-state index contributed by atoms with van der Waals surface area (Å²) in [5.41, 5.74) is 6.41. The summed E-state index contributed by atoms with van der Waals surface area (Å²) >= 11 is 0. The second-order valence-corrected chi connectivity index (χ2v) is 6.98. The molecule has 1 aliphatic carbocycles. The number of rotatable bonds is 3. The van der Waals surface area contributed by atoms with Gasteiger partial charge >= 0.3 is 0 Å². The topological polar surface area (TPSA) is 54.5 Å². The Bertz CT molecular complexity index is 849. The van der Waals surface area contributed by atoms with Crippen LogP contribution in [0.2, 0.25) is 0 Å². The molecule has 4 heteroatoms. The molecule has 0 saturated carbocycles. The number of pyridine rings is 2. The van der Waals surface area contributed by atoms with Crippen molar-refractivity contribution in [2.24, 2.45) is 0 Å². The average molecular weight is 318 g/mol. The monoisotopic (exact) mass is 318 g/mol. The van der Waals surface area contributed by atoms with Gasteiger partial charge in [0.2, 0.25) is 0 Å². The van der Waals surface area contributed by atoms with Crippen molar-refractivity contribution in [3.63, 3.8) is 0 Å². The molecule has 0 unspecified atom stereocenters. The molecule has 0 amide bonds. The molecule has 1 N–H and O–H groups in total. The normalized spacial score (nSPS) is 14.4. The lowest BCUT2D eigenvalue weighted by molar-refractivity contribution is 0.596. The van der Waals surface area contributed by atoms with Gasteiger partial charge in [-0.25, -0.2) is 0 Å². The van der Waals surface area contributed by atoms with Gasteiger partial charge in [-0.05, 0) is 63.8 Å². The van der Waals surface area contributed by atoms with Crippen molar-refractivity contribution in [3.05, 3.63) is 65.2 Å². The van der Waals surface area contributed by atoms with Gasteiger partial charge in [-0.15, -0.1) is 0 Å². The quantitative estimate of drug-likeness (QED) is 0.792. The fourth-order valence-electron chi connectivity index (χ4n) is 3.47. The highest BCUT2D eigenvalue weighted by Gasteiger charge is 2.27. The minimum absolute atomic E-state index is 0.242. The van der Waals surface area contributed by atoms with Crippen LogP contribution in [0.3, 0.4) is 0 Å². The maximum atomic E-state index is 4.95. The van der Waals surface area contributed by atoms with Crippen LogP contribution >= 0.6 is 0 Å². The maximum Gasteiger partial charge on any atom is 0.114 e. The van der Waals surface area contributed by atoms with E-state index >= 15 is 0 Å². The third-order valence-electron chi connectivity index (χ3n) is 4.99. The highest BCUT2D eigenvalue weighted by molar-refractivity contribution is 5.61. The number of aromatic amines is 1. The van der Waals surface area contributed by atoms with E-state index in [0.29, 0.717) is 0 Å². The largest absolute Gasteiger partial charge is 0.282 e. The van der Waals surface area contributed by atoms with Gasteiger partial charge in [0.15, 0.2) is 0 Å². The standard InChI is InChI=1S/C20H22N4/c1-20(2,17-11-5-6-13-21-17)18-12-7-10-16(22-18)19-14-8-3-4-9-15(14)23-24-19/h5-7,10-13H,3-4,8-9H2,1-2H3,(H,23,24). The van der Waals surface area contributed by atoms with E-state index in [1.807, 2.05) is 18.3 Å². The van der Waals surface area contributed by atoms with Crippen LogP contribution in [0.25, 0.3) is 11.4 Å².